The number of fused-ring (bicyclic) bond motifs is 1. The number of aromatic nitrogens is 1. The first kappa shape index (κ1) is 15.0. The fourth-order valence-corrected chi connectivity index (χ4v) is 2.35. The lowest BCUT2D eigenvalue weighted by Crippen LogP contribution is -2.12. The number of benzene rings is 2. The van der Waals surface area contributed by atoms with Crippen LogP contribution in [0.3, 0.4) is 0 Å². The molecule has 2 N–H and O–H groups in total. The Morgan fingerprint density at radius 3 is 2.57 bits per heavy atom. The topological polar surface area (TPSA) is 60.5 Å². The van der Waals surface area contributed by atoms with Gasteiger partial charge >= 0.3 is 0 Å². The van der Waals surface area contributed by atoms with Gasteiger partial charge in [-0.05, 0) is 61.0 Å². The van der Waals surface area contributed by atoms with Gasteiger partial charge in [0.2, 0.25) is 0 Å². The Kier molecular flexibility index (Phi) is 3.93. The average Bonchev–Trinajstić information content (AvgIpc) is 2.55. The van der Waals surface area contributed by atoms with Crippen LogP contribution in [0.5, 0.6) is 5.75 Å². The van der Waals surface area contributed by atoms with E-state index in [-0.39, 0.29) is 5.82 Å². The van der Waals surface area contributed by atoms with Crippen LogP contribution in [-0.2, 0) is 0 Å². The minimum Gasteiger partial charge on any atom is -0.497 e. The van der Waals surface area contributed by atoms with Crippen molar-refractivity contribution < 1.29 is 9.13 Å². The van der Waals surface area contributed by atoms with Crippen molar-refractivity contribution in [1.82, 2.24) is 4.98 Å². The molecule has 1 aromatic heterocycles. The first-order valence-electron chi connectivity index (χ1n) is 7.12. The predicted molar refractivity (Wildman–Crippen MR) is 89.8 cm³/mol. The number of nitrogens with two attached hydrogens (primary N) is 1. The zero-order valence-electron chi connectivity index (χ0n) is 12.9. The van der Waals surface area contributed by atoms with E-state index < -0.39 is 0 Å². The maximum absolute atomic E-state index is 13.0. The summed E-state index contributed by atoms with van der Waals surface area (Å²) in [7, 11) is 1.63. The number of aliphatic imine (C=N–C) groups is 1. The van der Waals surface area contributed by atoms with Crippen molar-refractivity contribution in [2.45, 2.75) is 6.92 Å². The molecule has 0 aliphatic rings. The molecule has 0 bridgehead atoms. The molecule has 3 aromatic rings. The Morgan fingerprint density at radius 2 is 1.87 bits per heavy atom. The Hall–Kier alpha value is -2.95. The zero-order chi connectivity index (χ0) is 16.4. The van der Waals surface area contributed by atoms with Crippen molar-refractivity contribution in [2.24, 2.45) is 10.7 Å². The normalized spacial score (nSPS) is 11.7. The number of amidine groups is 1. The number of rotatable bonds is 3. The molecule has 1 heterocycles. The monoisotopic (exact) mass is 309 g/mol. The molecule has 0 aliphatic carbocycles. The molecule has 0 unspecified atom stereocenters. The third kappa shape index (κ3) is 3.13. The van der Waals surface area contributed by atoms with Crippen LogP contribution in [0.2, 0.25) is 0 Å². The molecule has 0 saturated carbocycles. The van der Waals surface area contributed by atoms with Crippen LogP contribution in [0.1, 0.15) is 11.1 Å². The van der Waals surface area contributed by atoms with Crippen LogP contribution < -0.4 is 10.5 Å². The van der Waals surface area contributed by atoms with E-state index >= 15 is 0 Å². The maximum Gasteiger partial charge on any atom is 0.155 e. The van der Waals surface area contributed by atoms with E-state index in [9.17, 15) is 4.39 Å². The Balaban J connectivity index is 2.03. The van der Waals surface area contributed by atoms with Gasteiger partial charge < -0.3 is 10.5 Å². The number of hydrogen-bond donors (Lipinski definition) is 1. The van der Waals surface area contributed by atoms with Crippen LogP contribution in [0, 0.1) is 12.7 Å². The SMILES string of the molecule is COc1ccc2nc(N=C(N)c3ccc(F)cc3)cc(C)c2c1. The van der Waals surface area contributed by atoms with Gasteiger partial charge in [-0.15, -0.1) is 0 Å². The summed E-state index contributed by atoms with van der Waals surface area (Å²) in [5, 5.41) is 1.00. The van der Waals surface area contributed by atoms with Crippen molar-refractivity contribution >= 4 is 22.6 Å². The van der Waals surface area contributed by atoms with Gasteiger partial charge in [-0.25, -0.2) is 14.4 Å². The highest BCUT2D eigenvalue weighted by atomic mass is 19.1. The lowest BCUT2D eigenvalue weighted by atomic mass is 10.1. The molecule has 4 nitrogen and oxygen atoms in total. The molecule has 0 saturated heterocycles. The van der Waals surface area contributed by atoms with E-state index in [4.69, 9.17) is 10.5 Å². The first-order valence-corrected chi connectivity index (χ1v) is 7.12. The molecule has 2 aromatic carbocycles. The molecular formula is C18H16FN3O. The number of halogens is 1. The molecule has 0 aliphatic heterocycles. The van der Waals surface area contributed by atoms with E-state index in [1.807, 2.05) is 31.2 Å². The quantitative estimate of drug-likeness (QED) is 0.592. The molecule has 0 fully saturated rings. The number of hydrogen-bond acceptors (Lipinski definition) is 3. The molecule has 0 amide bonds. The van der Waals surface area contributed by atoms with Crippen molar-refractivity contribution in [3.63, 3.8) is 0 Å². The van der Waals surface area contributed by atoms with Crippen LogP contribution in [0.4, 0.5) is 10.2 Å². The third-order valence-corrected chi connectivity index (χ3v) is 3.58. The second-order valence-corrected chi connectivity index (χ2v) is 5.18. The zero-order valence-corrected chi connectivity index (χ0v) is 12.9. The van der Waals surface area contributed by atoms with Crippen LogP contribution in [0.15, 0.2) is 53.5 Å². The van der Waals surface area contributed by atoms with Gasteiger partial charge in [0.1, 0.15) is 17.4 Å². The van der Waals surface area contributed by atoms with E-state index in [0.717, 1.165) is 22.2 Å². The number of pyridine rings is 1. The Labute approximate surface area is 133 Å². The highest BCUT2D eigenvalue weighted by molar-refractivity contribution is 5.99. The van der Waals surface area contributed by atoms with E-state index in [0.29, 0.717) is 17.2 Å². The lowest BCUT2D eigenvalue weighted by molar-refractivity contribution is 0.415. The Bertz CT molecular complexity index is 889. The molecule has 0 spiro atoms. The summed E-state index contributed by atoms with van der Waals surface area (Å²) in [4.78, 5) is 8.84. The summed E-state index contributed by atoms with van der Waals surface area (Å²) in [6.07, 6.45) is 0. The minimum atomic E-state index is -0.310. The van der Waals surface area contributed by atoms with Crippen LogP contribution in [0.25, 0.3) is 10.9 Å². The lowest BCUT2D eigenvalue weighted by Gasteiger charge is -2.07. The summed E-state index contributed by atoms with van der Waals surface area (Å²) in [5.41, 5.74) is 8.48. The van der Waals surface area contributed by atoms with Crippen molar-refractivity contribution in [1.29, 1.82) is 0 Å². The van der Waals surface area contributed by atoms with E-state index in [1.165, 1.54) is 12.1 Å². The first-order chi connectivity index (χ1) is 11.1. The fourth-order valence-electron chi connectivity index (χ4n) is 2.35. The molecular weight excluding hydrogens is 293 g/mol. The average molecular weight is 309 g/mol. The summed E-state index contributed by atoms with van der Waals surface area (Å²) in [6.45, 7) is 1.98. The van der Waals surface area contributed by atoms with Gasteiger partial charge in [0.25, 0.3) is 0 Å². The largest absolute Gasteiger partial charge is 0.497 e. The number of methoxy groups -OCH3 is 1. The molecule has 0 atom stereocenters. The second-order valence-electron chi connectivity index (χ2n) is 5.18. The standard InChI is InChI=1S/C18H16FN3O/c1-11-9-17(21-16-8-7-14(23-2)10-15(11)16)22-18(20)12-3-5-13(19)6-4-12/h3-10H,1-2H3,(H2,20,21,22). The van der Waals surface area contributed by atoms with Gasteiger partial charge in [0.15, 0.2) is 5.82 Å². The second kappa shape index (κ2) is 6.04. The predicted octanol–water partition coefficient (Wildman–Crippen LogP) is 3.73. The number of aryl methyl sites for hydroxylation is 1. The smallest absolute Gasteiger partial charge is 0.155 e. The molecule has 116 valence electrons. The van der Waals surface area contributed by atoms with E-state index in [1.54, 1.807) is 19.2 Å². The van der Waals surface area contributed by atoms with E-state index in [2.05, 4.69) is 9.98 Å². The van der Waals surface area contributed by atoms with Gasteiger partial charge in [0, 0.05) is 10.9 Å². The van der Waals surface area contributed by atoms with Gasteiger partial charge in [0.05, 0.1) is 12.6 Å². The van der Waals surface area contributed by atoms with Crippen LogP contribution in [-0.4, -0.2) is 17.9 Å². The van der Waals surface area contributed by atoms with Crippen molar-refractivity contribution in [3.05, 3.63) is 65.5 Å². The van der Waals surface area contributed by atoms with Crippen molar-refractivity contribution in [3.8, 4) is 5.75 Å². The summed E-state index contributed by atoms with van der Waals surface area (Å²) in [6, 6.07) is 13.4. The Morgan fingerprint density at radius 1 is 1.13 bits per heavy atom. The fraction of sp³-hybridized carbons (Fsp3) is 0.111. The third-order valence-electron chi connectivity index (χ3n) is 3.58. The highest BCUT2D eigenvalue weighted by Crippen LogP contribution is 2.25. The minimum absolute atomic E-state index is 0.296. The van der Waals surface area contributed by atoms with Crippen LogP contribution >= 0.6 is 0 Å². The number of nitrogens with zero attached hydrogens (tertiary/aromatic N) is 2. The van der Waals surface area contributed by atoms with Crippen molar-refractivity contribution in [2.75, 3.05) is 7.11 Å². The molecule has 0 radical (unpaired) electrons. The van der Waals surface area contributed by atoms with Gasteiger partial charge in [-0.3, -0.25) is 0 Å². The summed E-state index contributed by atoms with van der Waals surface area (Å²) in [5.74, 6) is 1.28. The maximum atomic E-state index is 13.0. The van der Waals surface area contributed by atoms with Gasteiger partial charge in [-0.1, -0.05) is 0 Å². The number of ether oxygens (including phenoxy) is 1. The molecule has 3 rings (SSSR count). The summed E-state index contributed by atoms with van der Waals surface area (Å²) < 4.78 is 18.2. The summed E-state index contributed by atoms with van der Waals surface area (Å²) >= 11 is 0. The molecule has 5 heteroatoms. The van der Waals surface area contributed by atoms with Gasteiger partial charge in [-0.2, -0.15) is 0 Å². The molecule has 23 heavy (non-hydrogen) atoms. The highest BCUT2D eigenvalue weighted by Gasteiger charge is 2.05.